The molecule has 1 aromatic rings. The molecule has 5 rings (SSSR count). The minimum Gasteiger partial charge on any atom is -0.343 e. The Morgan fingerprint density at radius 3 is 2.61 bits per heavy atom. The van der Waals surface area contributed by atoms with Gasteiger partial charge in [0.25, 0.3) is 5.91 Å². The predicted octanol–water partition coefficient (Wildman–Crippen LogP) is 2.65. The Kier molecular flexibility index (Phi) is 4.54. The van der Waals surface area contributed by atoms with Crippen LogP contribution in [0.15, 0.2) is 29.3 Å². The van der Waals surface area contributed by atoms with Crippen molar-refractivity contribution < 1.29 is 17.6 Å². The number of rotatable bonds is 3. The molecule has 150 valence electrons. The first-order valence-corrected chi connectivity index (χ1v) is 12.6. The van der Waals surface area contributed by atoms with Crippen molar-refractivity contribution in [1.82, 2.24) is 4.90 Å². The SMILES string of the molecule is O=C(Cc1ccc(F)cc1)N=C1S[C@@H]2CS(=O)(=O)C[C@@H]2N1[C@@H]1C[C@@H]2CC[C@@H]1C2. The van der Waals surface area contributed by atoms with E-state index in [-0.39, 0.29) is 40.9 Å². The summed E-state index contributed by atoms with van der Waals surface area (Å²) in [5, 5.41) is 0.677. The molecule has 28 heavy (non-hydrogen) atoms. The van der Waals surface area contributed by atoms with Crippen LogP contribution in [0.5, 0.6) is 0 Å². The normalized spacial score (nSPS) is 37.0. The molecular weight excluding hydrogens is 399 g/mol. The van der Waals surface area contributed by atoms with E-state index in [0.717, 1.165) is 17.9 Å². The van der Waals surface area contributed by atoms with Crippen molar-refractivity contribution in [2.75, 3.05) is 11.5 Å². The lowest BCUT2D eigenvalue weighted by molar-refractivity contribution is -0.117. The van der Waals surface area contributed by atoms with Gasteiger partial charge in [-0.3, -0.25) is 4.79 Å². The second kappa shape index (κ2) is 6.83. The van der Waals surface area contributed by atoms with E-state index >= 15 is 0 Å². The molecule has 1 amide bonds. The molecule has 2 heterocycles. The number of hydrogen-bond donors (Lipinski definition) is 0. The van der Waals surface area contributed by atoms with Crippen LogP contribution in [0.2, 0.25) is 0 Å². The minimum absolute atomic E-state index is 0.0264. The van der Waals surface area contributed by atoms with E-state index in [0.29, 0.717) is 17.1 Å². The Morgan fingerprint density at radius 1 is 1.14 bits per heavy atom. The number of benzene rings is 1. The van der Waals surface area contributed by atoms with Crippen molar-refractivity contribution in [3.63, 3.8) is 0 Å². The molecule has 2 aliphatic heterocycles. The maximum absolute atomic E-state index is 13.1. The average molecular weight is 423 g/mol. The summed E-state index contributed by atoms with van der Waals surface area (Å²) < 4.78 is 37.4. The van der Waals surface area contributed by atoms with E-state index in [2.05, 4.69) is 9.89 Å². The Bertz CT molecular complexity index is 931. The van der Waals surface area contributed by atoms with Crippen LogP contribution in [0.4, 0.5) is 4.39 Å². The summed E-state index contributed by atoms with van der Waals surface area (Å²) in [5.74, 6) is 1.07. The molecule has 1 aromatic carbocycles. The molecule has 0 radical (unpaired) electrons. The largest absolute Gasteiger partial charge is 0.343 e. The molecule has 5 nitrogen and oxygen atoms in total. The summed E-state index contributed by atoms with van der Waals surface area (Å²) in [6.45, 7) is 0. The number of thioether (sulfide) groups is 1. The number of carbonyl (C=O) groups is 1. The Labute approximate surface area is 168 Å². The average Bonchev–Trinajstić information content (AvgIpc) is 3.36. The quantitative estimate of drug-likeness (QED) is 0.749. The summed E-state index contributed by atoms with van der Waals surface area (Å²) in [4.78, 5) is 19.2. The van der Waals surface area contributed by atoms with Crippen LogP contribution < -0.4 is 0 Å². The molecule has 4 fully saturated rings. The number of aliphatic imine (C=N–C) groups is 1. The standard InChI is InChI=1S/C20H23FN2O3S2/c21-15-5-2-12(3-6-15)9-19(24)22-20-23(16-8-13-1-4-14(16)7-13)17-10-28(25,26)11-18(17)27-20/h2-3,5-6,13-14,16-18H,1,4,7-11H2/t13-,14-,16-,17+,18-/m1/s1. The summed E-state index contributed by atoms with van der Waals surface area (Å²) >= 11 is 1.46. The number of nitrogens with zero attached hydrogens (tertiary/aromatic N) is 2. The van der Waals surface area contributed by atoms with Gasteiger partial charge in [0.15, 0.2) is 15.0 Å². The molecule has 8 heteroatoms. The van der Waals surface area contributed by atoms with Crippen molar-refractivity contribution in [2.24, 2.45) is 16.8 Å². The van der Waals surface area contributed by atoms with Gasteiger partial charge in [0.1, 0.15) is 5.82 Å². The van der Waals surface area contributed by atoms with E-state index in [9.17, 15) is 17.6 Å². The Morgan fingerprint density at radius 2 is 1.93 bits per heavy atom. The number of halogens is 1. The molecule has 5 atom stereocenters. The molecule has 0 spiro atoms. The van der Waals surface area contributed by atoms with Crippen LogP contribution in [0.25, 0.3) is 0 Å². The van der Waals surface area contributed by atoms with Gasteiger partial charge in [-0.25, -0.2) is 12.8 Å². The molecule has 2 bridgehead atoms. The van der Waals surface area contributed by atoms with Gasteiger partial charge in [0, 0.05) is 11.3 Å². The number of amidine groups is 1. The maximum atomic E-state index is 13.1. The van der Waals surface area contributed by atoms with Crippen LogP contribution in [-0.2, 0) is 21.1 Å². The fourth-order valence-corrected chi connectivity index (χ4v) is 9.44. The highest BCUT2D eigenvalue weighted by Gasteiger charge is 2.54. The summed E-state index contributed by atoms with van der Waals surface area (Å²) in [7, 11) is -3.02. The van der Waals surface area contributed by atoms with Gasteiger partial charge >= 0.3 is 0 Å². The topological polar surface area (TPSA) is 66.8 Å². The predicted molar refractivity (Wildman–Crippen MR) is 107 cm³/mol. The first-order chi connectivity index (χ1) is 13.4. The van der Waals surface area contributed by atoms with Crippen LogP contribution in [0, 0.1) is 17.7 Å². The maximum Gasteiger partial charge on any atom is 0.252 e. The molecule has 2 saturated carbocycles. The zero-order valence-corrected chi connectivity index (χ0v) is 17.1. The highest BCUT2D eigenvalue weighted by molar-refractivity contribution is 8.15. The van der Waals surface area contributed by atoms with Crippen LogP contribution in [0.3, 0.4) is 0 Å². The van der Waals surface area contributed by atoms with E-state index in [1.807, 2.05) is 0 Å². The third-order valence-electron chi connectivity index (χ3n) is 6.65. The summed E-state index contributed by atoms with van der Waals surface area (Å²) in [6.07, 6.45) is 4.89. The van der Waals surface area contributed by atoms with Crippen molar-refractivity contribution in [3.8, 4) is 0 Å². The fourth-order valence-electron chi connectivity index (χ4n) is 5.45. The van der Waals surface area contributed by atoms with E-state index < -0.39 is 9.84 Å². The Balaban J connectivity index is 1.40. The minimum atomic E-state index is -3.02. The second-order valence-corrected chi connectivity index (χ2v) is 11.9. The number of fused-ring (bicyclic) bond motifs is 3. The molecular formula is C20H23FN2O3S2. The van der Waals surface area contributed by atoms with Gasteiger partial charge in [-0.1, -0.05) is 30.3 Å². The number of amides is 1. The zero-order chi connectivity index (χ0) is 19.5. The number of sulfone groups is 1. The van der Waals surface area contributed by atoms with E-state index in [4.69, 9.17) is 0 Å². The zero-order valence-electron chi connectivity index (χ0n) is 15.5. The van der Waals surface area contributed by atoms with E-state index in [1.54, 1.807) is 12.1 Å². The Hall–Kier alpha value is -1.41. The number of carbonyl (C=O) groups excluding carboxylic acids is 1. The van der Waals surface area contributed by atoms with Crippen molar-refractivity contribution in [1.29, 1.82) is 0 Å². The lowest BCUT2D eigenvalue weighted by Gasteiger charge is -2.36. The fraction of sp³-hybridized carbons (Fsp3) is 0.600. The second-order valence-electron chi connectivity index (χ2n) is 8.54. The molecule has 2 saturated heterocycles. The molecule has 0 N–H and O–H groups in total. The van der Waals surface area contributed by atoms with Gasteiger partial charge in [0.2, 0.25) is 0 Å². The van der Waals surface area contributed by atoms with Crippen LogP contribution in [-0.4, -0.2) is 53.2 Å². The van der Waals surface area contributed by atoms with Gasteiger partial charge in [-0.05, 0) is 48.8 Å². The van der Waals surface area contributed by atoms with Gasteiger partial charge < -0.3 is 4.90 Å². The first-order valence-electron chi connectivity index (χ1n) is 9.89. The highest BCUT2D eigenvalue weighted by Crippen LogP contribution is 2.51. The van der Waals surface area contributed by atoms with Crippen LogP contribution in [0.1, 0.15) is 31.2 Å². The van der Waals surface area contributed by atoms with Crippen molar-refractivity contribution >= 4 is 32.7 Å². The van der Waals surface area contributed by atoms with Gasteiger partial charge in [-0.15, -0.1) is 0 Å². The van der Waals surface area contributed by atoms with Gasteiger partial charge in [0.05, 0.1) is 24.0 Å². The molecule has 0 unspecified atom stereocenters. The number of hydrogen-bond acceptors (Lipinski definition) is 4. The molecule has 4 aliphatic rings. The third-order valence-corrected chi connectivity index (χ3v) is 9.88. The van der Waals surface area contributed by atoms with Gasteiger partial charge in [-0.2, -0.15) is 4.99 Å². The smallest absolute Gasteiger partial charge is 0.252 e. The molecule has 0 aromatic heterocycles. The third kappa shape index (κ3) is 3.38. The summed E-state index contributed by atoms with van der Waals surface area (Å²) in [5.41, 5.74) is 0.730. The first kappa shape index (κ1) is 18.6. The monoisotopic (exact) mass is 422 g/mol. The van der Waals surface area contributed by atoms with Crippen molar-refractivity contribution in [2.45, 2.75) is 49.4 Å². The van der Waals surface area contributed by atoms with Crippen molar-refractivity contribution in [3.05, 3.63) is 35.6 Å². The lowest BCUT2D eigenvalue weighted by Crippen LogP contribution is -2.47. The summed E-state index contributed by atoms with van der Waals surface area (Å²) in [6, 6.07) is 6.14. The molecule has 2 aliphatic carbocycles. The lowest BCUT2D eigenvalue weighted by atomic mass is 9.93. The van der Waals surface area contributed by atoms with E-state index in [1.165, 1.54) is 43.2 Å². The highest BCUT2D eigenvalue weighted by atomic mass is 32.2. The van der Waals surface area contributed by atoms with Crippen LogP contribution >= 0.6 is 11.8 Å².